The highest BCUT2D eigenvalue weighted by Gasteiger charge is 2.12. The van der Waals surface area contributed by atoms with Gasteiger partial charge in [-0.05, 0) is 36.5 Å². The summed E-state index contributed by atoms with van der Waals surface area (Å²) < 4.78 is 0. The van der Waals surface area contributed by atoms with Crippen LogP contribution in [-0.2, 0) is 17.6 Å². The smallest absolute Gasteiger partial charge is 0.300 e. The summed E-state index contributed by atoms with van der Waals surface area (Å²) in [6, 6.07) is 5.78. The Morgan fingerprint density at radius 2 is 2.00 bits per heavy atom. The summed E-state index contributed by atoms with van der Waals surface area (Å²) in [5.41, 5.74) is 2.50. The number of aryl methyl sites for hydroxylation is 1. The lowest BCUT2D eigenvalue weighted by Crippen LogP contribution is -1.80. The van der Waals surface area contributed by atoms with Crippen molar-refractivity contribution in [1.29, 1.82) is 0 Å². The lowest BCUT2D eigenvalue weighted by Gasteiger charge is -1.99. The molecular weight excluding hydrogens is 180 g/mol. The van der Waals surface area contributed by atoms with Gasteiger partial charge in [0.05, 0.1) is 0 Å². The van der Waals surface area contributed by atoms with Gasteiger partial charge in [-0.1, -0.05) is 12.1 Å². The fourth-order valence-electron chi connectivity index (χ4n) is 1.60. The summed E-state index contributed by atoms with van der Waals surface area (Å²) in [7, 11) is 0. The maximum atomic E-state index is 9.33. The second kappa shape index (κ2) is 4.65. The molecule has 1 aliphatic rings. The predicted molar refractivity (Wildman–Crippen MR) is 53.4 cm³/mol. The van der Waals surface area contributed by atoms with Crippen LogP contribution in [0.4, 0.5) is 0 Å². The molecule has 0 aromatic heterocycles. The predicted octanol–water partition coefficient (Wildman–Crippen LogP) is 1.97. The van der Waals surface area contributed by atoms with Gasteiger partial charge in [-0.25, -0.2) is 0 Å². The number of phenols is 1. The van der Waals surface area contributed by atoms with Crippen LogP contribution < -0.4 is 0 Å². The average Bonchev–Trinajstić information content (AvgIpc) is 2.52. The van der Waals surface area contributed by atoms with E-state index in [0.717, 1.165) is 19.8 Å². The molecule has 0 saturated heterocycles. The molecule has 0 unspecified atom stereocenters. The van der Waals surface area contributed by atoms with Gasteiger partial charge in [0.2, 0.25) is 0 Å². The number of aliphatic carboxylic acids is 1. The Kier molecular flexibility index (Phi) is 3.51. The molecule has 0 heterocycles. The zero-order chi connectivity index (χ0) is 10.6. The van der Waals surface area contributed by atoms with Crippen LogP contribution in [0.1, 0.15) is 24.5 Å². The van der Waals surface area contributed by atoms with Gasteiger partial charge >= 0.3 is 0 Å². The highest BCUT2D eigenvalue weighted by Crippen LogP contribution is 2.28. The molecule has 0 aliphatic heterocycles. The number of carbonyl (C=O) groups is 1. The molecule has 1 aliphatic carbocycles. The number of aromatic hydroxyl groups is 1. The van der Waals surface area contributed by atoms with Crippen molar-refractivity contribution < 1.29 is 15.0 Å². The topological polar surface area (TPSA) is 57.5 Å². The van der Waals surface area contributed by atoms with E-state index in [2.05, 4.69) is 6.07 Å². The van der Waals surface area contributed by atoms with E-state index in [0.29, 0.717) is 5.75 Å². The number of phenolic OH excluding ortho intramolecular Hbond substituents is 1. The molecule has 1 aromatic carbocycles. The van der Waals surface area contributed by atoms with Crippen molar-refractivity contribution in [2.75, 3.05) is 0 Å². The molecule has 0 saturated carbocycles. The molecular formula is C11H14O3. The number of benzene rings is 1. The maximum Gasteiger partial charge on any atom is 0.300 e. The molecule has 3 nitrogen and oxygen atoms in total. The van der Waals surface area contributed by atoms with E-state index < -0.39 is 5.97 Å². The van der Waals surface area contributed by atoms with Crippen molar-refractivity contribution in [1.82, 2.24) is 0 Å². The van der Waals surface area contributed by atoms with Crippen molar-refractivity contribution in [2.45, 2.75) is 26.2 Å². The van der Waals surface area contributed by atoms with Crippen LogP contribution in [0.25, 0.3) is 0 Å². The van der Waals surface area contributed by atoms with Gasteiger partial charge in [-0.3, -0.25) is 4.79 Å². The number of rotatable bonds is 0. The fraction of sp³-hybridized carbons (Fsp3) is 0.364. The molecule has 0 bridgehead atoms. The Labute approximate surface area is 83.0 Å². The molecule has 1 aromatic rings. The number of carboxylic acids is 1. The molecule has 0 amide bonds. The average molecular weight is 194 g/mol. The third-order valence-corrected chi connectivity index (χ3v) is 2.12. The van der Waals surface area contributed by atoms with Crippen LogP contribution in [0.2, 0.25) is 0 Å². The first-order valence-electron chi connectivity index (χ1n) is 4.60. The van der Waals surface area contributed by atoms with E-state index in [1.807, 2.05) is 6.07 Å². The van der Waals surface area contributed by atoms with Crippen LogP contribution in [0.5, 0.6) is 5.75 Å². The Morgan fingerprint density at radius 3 is 2.57 bits per heavy atom. The van der Waals surface area contributed by atoms with Gasteiger partial charge in [0.1, 0.15) is 5.75 Å². The lowest BCUT2D eigenvalue weighted by molar-refractivity contribution is -0.134. The summed E-state index contributed by atoms with van der Waals surface area (Å²) in [5.74, 6) is -0.352. The first kappa shape index (κ1) is 10.6. The van der Waals surface area contributed by atoms with E-state index in [-0.39, 0.29) is 0 Å². The van der Waals surface area contributed by atoms with Gasteiger partial charge in [0, 0.05) is 6.92 Å². The summed E-state index contributed by atoms with van der Waals surface area (Å²) in [6.07, 6.45) is 3.40. The minimum absolute atomic E-state index is 0.481. The van der Waals surface area contributed by atoms with Crippen molar-refractivity contribution in [3.63, 3.8) is 0 Å². The maximum absolute atomic E-state index is 9.33. The molecule has 14 heavy (non-hydrogen) atoms. The Balaban J connectivity index is 0.000000213. The summed E-state index contributed by atoms with van der Waals surface area (Å²) in [6.45, 7) is 1.08. The molecule has 0 spiro atoms. The Bertz CT molecular complexity index is 327. The van der Waals surface area contributed by atoms with Gasteiger partial charge in [-0.2, -0.15) is 0 Å². The molecule has 2 N–H and O–H groups in total. The standard InChI is InChI=1S/C9H10O.C2H4O2/c10-9-6-2-4-7-3-1-5-8(7)9;1-2(3)4/h2,4,6,10H,1,3,5H2;1H3,(H,3,4). The third-order valence-electron chi connectivity index (χ3n) is 2.12. The zero-order valence-corrected chi connectivity index (χ0v) is 8.16. The minimum atomic E-state index is -0.833. The highest BCUT2D eigenvalue weighted by molar-refractivity contribution is 5.62. The molecule has 76 valence electrons. The molecule has 3 heteroatoms. The molecule has 0 fully saturated rings. The van der Waals surface area contributed by atoms with Crippen LogP contribution in [0, 0.1) is 0 Å². The van der Waals surface area contributed by atoms with Crippen molar-refractivity contribution in [2.24, 2.45) is 0 Å². The van der Waals surface area contributed by atoms with Crippen molar-refractivity contribution >= 4 is 5.97 Å². The van der Waals surface area contributed by atoms with Crippen LogP contribution in [0.15, 0.2) is 18.2 Å². The normalized spacial score (nSPS) is 12.6. The summed E-state index contributed by atoms with van der Waals surface area (Å²) in [4.78, 5) is 9.00. The van der Waals surface area contributed by atoms with Crippen LogP contribution >= 0.6 is 0 Å². The second-order valence-electron chi connectivity index (χ2n) is 3.29. The quantitative estimate of drug-likeness (QED) is 0.663. The first-order chi connectivity index (χ1) is 6.61. The van der Waals surface area contributed by atoms with E-state index >= 15 is 0 Å². The summed E-state index contributed by atoms with van der Waals surface area (Å²) in [5, 5.41) is 16.7. The Hall–Kier alpha value is -1.51. The van der Waals surface area contributed by atoms with E-state index in [9.17, 15) is 5.11 Å². The number of fused-ring (bicyclic) bond motifs is 1. The minimum Gasteiger partial charge on any atom is -0.508 e. The first-order valence-corrected chi connectivity index (χ1v) is 4.60. The number of hydrogen-bond acceptors (Lipinski definition) is 2. The zero-order valence-electron chi connectivity index (χ0n) is 8.16. The van der Waals surface area contributed by atoms with E-state index in [1.54, 1.807) is 6.07 Å². The van der Waals surface area contributed by atoms with E-state index in [4.69, 9.17) is 9.90 Å². The molecule has 2 rings (SSSR count). The van der Waals surface area contributed by atoms with Crippen LogP contribution in [-0.4, -0.2) is 16.2 Å². The van der Waals surface area contributed by atoms with Crippen molar-refractivity contribution in [3.05, 3.63) is 29.3 Å². The lowest BCUT2D eigenvalue weighted by atomic mass is 10.1. The monoisotopic (exact) mass is 194 g/mol. The third kappa shape index (κ3) is 2.76. The Morgan fingerprint density at radius 1 is 1.36 bits per heavy atom. The van der Waals surface area contributed by atoms with Crippen molar-refractivity contribution in [3.8, 4) is 5.75 Å². The van der Waals surface area contributed by atoms with Crippen LogP contribution in [0.3, 0.4) is 0 Å². The van der Waals surface area contributed by atoms with E-state index in [1.165, 1.54) is 17.5 Å². The molecule has 0 radical (unpaired) electrons. The number of carboxylic acid groups (broad SMARTS) is 1. The number of hydrogen-bond donors (Lipinski definition) is 2. The fourth-order valence-corrected chi connectivity index (χ4v) is 1.60. The highest BCUT2D eigenvalue weighted by atomic mass is 16.4. The SMILES string of the molecule is CC(=O)O.Oc1cccc2c1CCC2. The molecule has 0 atom stereocenters. The second-order valence-corrected chi connectivity index (χ2v) is 3.29. The largest absolute Gasteiger partial charge is 0.508 e. The van der Waals surface area contributed by atoms with Gasteiger partial charge < -0.3 is 10.2 Å². The summed E-state index contributed by atoms with van der Waals surface area (Å²) >= 11 is 0. The van der Waals surface area contributed by atoms with Gasteiger partial charge in [-0.15, -0.1) is 0 Å². The van der Waals surface area contributed by atoms with Gasteiger partial charge in [0.25, 0.3) is 5.97 Å². The van der Waals surface area contributed by atoms with Gasteiger partial charge in [0.15, 0.2) is 0 Å².